The van der Waals surface area contributed by atoms with E-state index in [0.717, 1.165) is 52.4 Å². The number of hydrogen-bond acceptors (Lipinski definition) is 5. The lowest BCUT2D eigenvalue weighted by Gasteiger charge is -2.40. The first-order chi connectivity index (χ1) is 9.72. The van der Waals surface area contributed by atoms with Crippen molar-refractivity contribution in [1.29, 1.82) is 0 Å². The average molecular weight is 284 g/mol. The van der Waals surface area contributed by atoms with Crippen LogP contribution in [0.2, 0.25) is 0 Å². The topological polar surface area (TPSA) is 56.8 Å². The van der Waals surface area contributed by atoms with E-state index in [0.29, 0.717) is 12.3 Å². The fraction of sp³-hybridized carbons (Fsp3) is 0.929. The van der Waals surface area contributed by atoms with Gasteiger partial charge in [-0.15, -0.1) is 0 Å². The van der Waals surface area contributed by atoms with Crippen molar-refractivity contribution in [1.82, 2.24) is 20.4 Å². The van der Waals surface area contributed by atoms with E-state index in [-0.39, 0.29) is 12.0 Å². The van der Waals surface area contributed by atoms with Crippen molar-refractivity contribution in [2.45, 2.75) is 12.5 Å². The highest BCUT2D eigenvalue weighted by molar-refractivity contribution is 5.77. The normalized spacial score (nSPS) is 24.7. The molecular weight excluding hydrogens is 256 g/mol. The molecule has 2 heterocycles. The van der Waals surface area contributed by atoms with Gasteiger partial charge in [-0.25, -0.2) is 0 Å². The molecule has 0 aromatic rings. The average Bonchev–Trinajstić information content (AvgIpc) is 2.40. The third-order valence-corrected chi connectivity index (χ3v) is 4.11. The SMILES string of the molecule is CNCCN1CCOC(CC(=O)N2CC(CNC)C2)C1. The smallest absolute Gasteiger partial charge is 0.225 e. The molecular formula is C14H28N4O2. The summed E-state index contributed by atoms with van der Waals surface area (Å²) in [4.78, 5) is 16.5. The fourth-order valence-electron chi connectivity index (χ4n) is 2.89. The molecule has 0 bridgehead atoms. The van der Waals surface area contributed by atoms with Gasteiger partial charge in [-0.3, -0.25) is 9.69 Å². The number of likely N-dealkylation sites (tertiary alicyclic amines) is 1. The van der Waals surface area contributed by atoms with Crippen molar-refractivity contribution < 1.29 is 9.53 Å². The molecule has 20 heavy (non-hydrogen) atoms. The number of rotatable bonds is 7. The molecule has 2 saturated heterocycles. The number of ether oxygens (including phenoxy) is 1. The molecule has 0 saturated carbocycles. The highest BCUT2D eigenvalue weighted by Crippen LogP contribution is 2.18. The molecule has 6 heteroatoms. The van der Waals surface area contributed by atoms with Gasteiger partial charge in [0.25, 0.3) is 0 Å². The van der Waals surface area contributed by atoms with Crippen LogP contribution in [0.25, 0.3) is 0 Å². The summed E-state index contributed by atoms with van der Waals surface area (Å²) in [7, 11) is 3.92. The molecule has 0 aliphatic carbocycles. The van der Waals surface area contributed by atoms with E-state index in [1.54, 1.807) is 0 Å². The van der Waals surface area contributed by atoms with Crippen molar-refractivity contribution in [3.05, 3.63) is 0 Å². The van der Waals surface area contributed by atoms with Gasteiger partial charge in [-0.1, -0.05) is 0 Å². The summed E-state index contributed by atoms with van der Waals surface area (Å²) in [6.07, 6.45) is 0.596. The van der Waals surface area contributed by atoms with Gasteiger partial charge in [0.15, 0.2) is 0 Å². The highest BCUT2D eigenvalue weighted by Gasteiger charge is 2.32. The lowest BCUT2D eigenvalue weighted by molar-refractivity contribution is -0.142. The zero-order chi connectivity index (χ0) is 14.4. The standard InChI is InChI=1S/C14H28N4O2/c1-15-3-4-17-5-6-20-13(11-17)7-14(19)18-9-12(10-18)8-16-2/h12-13,15-16H,3-11H2,1-2H3. The third kappa shape index (κ3) is 4.41. The van der Waals surface area contributed by atoms with Gasteiger partial charge >= 0.3 is 0 Å². The first-order valence-electron chi connectivity index (χ1n) is 7.64. The lowest BCUT2D eigenvalue weighted by Crippen LogP contribution is -2.54. The van der Waals surface area contributed by atoms with Crippen LogP contribution in [0.1, 0.15) is 6.42 Å². The van der Waals surface area contributed by atoms with E-state index in [1.165, 1.54) is 0 Å². The molecule has 2 N–H and O–H groups in total. The van der Waals surface area contributed by atoms with Crippen LogP contribution in [0.3, 0.4) is 0 Å². The molecule has 0 aromatic heterocycles. The van der Waals surface area contributed by atoms with Crippen LogP contribution in [0, 0.1) is 5.92 Å². The van der Waals surface area contributed by atoms with Crippen molar-refractivity contribution in [2.75, 3.05) is 66.5 Å². The van der Waals surface area contributed by atoms with E-state index >= 15 is 0 Å². The Morgan fingerprint density at radius 1 is 1.25 bits per heavy atom. The molecule has 116 valence electrons. The van der Waals surface area contributed by atoms with Gasteiger partial charge in [0, 0.05) is 51.7 Å². The summed E-state index contributed by atoms with van der Waals surface area (Å²) in [6.45, 7) is 7.40. The predicted octanol–water partition coefficient (Wildman–Crippen LogP) is -1.03. The number of nitrogens with zero attached hydrogens (tertiary/aromatic N) is 2. The van der Waals surface area contributed by atoms with Crippen LogP contribution >= 0.6 is 0 Å². The molecule has 1 amide bonds. The summed E-state index contributed by atoms with van der Waals surface area (Å²) in [6, 6.07) is 0. The summed E-state index contributed by atoms with van der Waals surface area (Å²) < 4.78 is 5.73. The Morgan fingerprint density at radius 2 is 2.05 bits per heavy atom. The minimum absolute atomic E-state index is 0.0662. The van der Waals surface area contributed by atoms with Crippen LogP contribution in [0.15, 0.2) is 0 Å². The van der Waals surface area contributed by atoms with Gasteiger partial charge in [-0.05, 0) is 14.1 Å². The summed E-state index contributed by atoms with van der Waals surface area (Å²) in [5.74, 6) is 0.876. The van der Waals surface area contributed by atoms with Gasteiger partial charge in [-0.2, -0.15) is 0 Å². The maximum Gasteiger partial charge on any atom is 0.225 e. The number of likely N-dealkylation sites (N-methyl/N-ethyl adjacent to an activating group) is 1. The Hall–Kier alpha value is -0.690. The van der Waals surface area contributed by atoms with E-state index in [4.69, 9.17) is 4.74 Å². The Balaban J connectivity index is 1.66. The Kier molecular flexibility index (Phi) is 6.22. The predicted molar refractivity (Wildman–Crippen MR) is 78.7 cm³/mol. The molecule has 2 aliphatic heterocycles. The van der Waals surface area contributed by atoms with E-state index < -0.39 is 0 Å². The first-order valence-corrected chi connectivity index (χ1v) is 7.64. The molecule has 1 atom stereocenters. The highest BCUT2D eigenvalue weighted by atomic mass is 16.5. The quantitative estimate of drug-likeness (QED) is 0.626. The second-order valence-electron chi connectivity index (χ2n) is 5.82. The van der Waals surface area contributed by atoms with Crippen LogP contribution in [0.5, 0.6) is 0 Å². The van der Waals surface area contributed by atoms with Crippen molar-refractivity contribution >= 4 is 5.91 Å². The molecule has 0 aromatic carbocycles. The van der Waals surface area contributed by atoms with Gasteiger partial charge in [0.2, 0.25) is 5.91 Å². The Morgan fingerprint density at radius 3 is 2.75 bits per heavy atom. The van der Waals surface area contributed by atoms with E-state index in [9.17, 15) is 4.79 Å². The molecule has 0 spiro atoms. The number of hydrogen-bond donors (Lipinski definition) is 2. The number of nitrogens with one attached hydrogen (secondary N) is 2. The maximum atomic E-state index is 12.2. The number of carbonyl (C=O) groups is 1. The number of amides is 1. The molecule has 6 nitrogen and oxygen atoms in total. The molecule has 2 aliphatic rings. The third-order valence-electron chi connectivity index (χ3n) is 4.11. The number of carbonyl (C=O) groups excluding carboxylic acids is 1. The molecule has 2 fully saturated rings. The summed E-state index contributed by atoms with van der Waals surface area (Å²) in [5.41, 5.74) is 0. The lowest BCUT2D eigenvalue weighted by atomic mass is 9.99. The Bertz CT molecular complexity index is 308. The van der Waals surface area contributed by atoms with Gasteiger partial charge in [0.1, 0.15) is 0 Å². The Labute approximate surface area is 121 Å². The minimum Gasteiger partial charge on any atom is -0.375 e. The minimum atomic E-state index is 0.0662. The van der Waals surface area contributed by atoms with Crippen molar-refractivity contribution in [3.63, 3.8) is 0 Å². The van der Waals surface area contributed by atoms with Crippen LogP contribution in [-0.2, 0) is 9.53 Å². The molecule has 1 unspecified atom stereocenters. The van der Waals surface area contributed by atoms with Crippen LogP contribution in [0.4, 0.5) is 0 Å². The second kappa shape index (κ2) is 7.93. The number of morpholine rings is 1. The monoisotopic (exact) mass is 284 g/mol. The van der Waals surface area contributed by atoms with Gasteiger partial charge in [0.05, 0.1) is 19.1 Å². The zero-order valence-electron chi connectivity index (χ0n) is 12.7. The summed E-state index contributed by atoms with van der Waals surface area (Å²) >= 11 is 0. The van der Waals surface area contributed by atoms with E-state index in [1.807, 2.05) is 19.0 Å². The summed E-state index contributed by atoms with van der Waals surface area (Å²) in [5, 5.41) is 6.32. The zero-order valence-corrected chi connectivity index (χ0v) is 12.7. The van der Waals surface area contributed by atoms with Gasteiger partial charge < -0.3 is 20.3 Å². The van der Waals surface area contributed by atoms with Crippen LogP contribution in [-0.4, -0.2) is 88.3 Å². The fourth-order valence-corrected chi connectivity index (χ4v) is 2.89. The van der Waals surface area contributed by atoms with Crippen molar-refractivity contribution in [2.24, 2.45) is 5.92 Å². The largest absolute Gasteiger partial charge is 0.375 e. The first kappa shape index (κ1) is 15.7. The van der Waals surface area contributed by atoms with E-state index in [2.05, 4.69) is 15.5 Å². The molecule has 2 rings (SSSR count). The molecule has 0 radical (unpaired) electrons. The maximum absolute atomic E-state index is 12.2. The van der Waals surface area contributed by atoms with Crippen molar-refractivity contribution in [3.8, 4) is 0 Å². The van der Waals surface area contributed by atoms with Crippen LogP contribution < -0.4 is 10.6 Å². The second-order valence-corrected chi connectivity index (χ2v) is 5.82.